The lowest BCUT2D eigenvalue weighted by Crippen LogP contribution is -2.39. The highest BCUT2D eigenvalue weighted by Gasteiger charge is 2.01. The van der Waals surface area contributed by atoms with Crippen LogP contribution in [-0.2, 0) is 6.54 Å². The van der Waals surface area contributed by atoms with E-state index in [9.17, 15) is 0 Å². The summed E-state index contributed by atoms with van der Waals surface area (Å²) in [6.45, 7) is 4.61. The van der Waals surface area contributed by atoms with E-state index in [0.29, 0.717) is 19.7 Å². The van der Waals surface area contributed by atoms with E-state index in [1.54, 1.807) is 7.11 Å². The minimum absolute atomic E-state index is 0.538. The average molecular weight is 371 g/mol. The van der Waals surface area contributed by atoms with Gasteiger partial charge in [-0.25, -0.2) is 9.98 Å². The second-order valence-electron chi connectivity index (χ2n) is 6.06. The molecule has 2 N–H and O–H groups in total. The van der Waals surface area contributed by atoms with Crippen molar-refractivity contribution in [3.63, 3.8) is 0 Å². The number of ether oxygens (including phenoxy) is 2. The maximum Gasteiger partial charge on any atom is 0.191 e. The van der Waals surface area contributed by atoms with Gasteiger partial charge in [0.1, 0.15) is 23.9 Å². The molecule has 0 amide bonds. The summed E-state index contributed by atoms with van der Waals surface area (Å²) in [7, 11) is 5.60. The highest BCUT2D eigenvalue weighted by Crippen LogP contribution is 2.16. The number of pyridine rings is 1. The van der Waals surface area contributed by atoms with Crippen LogP contribution in [0, 0.1) is 0 Å². The van der Waals surface area contributed by atoms with Gasteiger partial charge < -0.3 is 25.0 Å². The predicted octanol–water partition coefficient (Wildman–Crippen LogP) is 2.29. The van der Waals surface area contributed by atoms with Crippen LogP contribution in [0.4, 0.5) is 5.82 Å². The van der Waals surface area contributed by atoms with E-state index >= 15 is 0 Å². The van der Waals surface area contributed by atoms with Crippen LogP contribution in [0.2, 0.25) is 0 Å². The summed E-state index contributed by atoms with van der Waals surface area (Å²) in [6, 6.07) is 11.6. The Balaban J connectivity index is 1.83. The fraction of sp³-hybridized carbons (Fsp3) is 0.400. The van der Waals surface area contributed by atoms with Crippen LogP contribution < -0.4 is 25.0 Å². The number of nitrogens with one attached hydrogen (secondary N) is 2. The first-order valence-electron chi connectivity index (χ1n) is 9.03. The molecule has 146 valence electrons. The molecule has 0 saturated carbocycles. The van der Waals surface area contributed by atoms with Crippen molar-refractivity contribution in [3.8, 4) is 11.5 Å². The van der Waals surface area contributed by atoms with Gasteiger partial charge >= 0.3 is 0 Å². The van der Waals surface area contributed by atoms with Crippen LogP contribution in [0.1, 0.15) is 12.5 Å². The minimum Gasteiger partial charge on any atom is -0.497 e. The lowest BCUT2D eigenvalue weighted by Gasteiger charge is -2.13. The summed E-state index contributed by atoms with van der Waals surface area (Å²) in [6.07, 6.45) is 1.81. The monoisotopic (exact) mass is 371 g/mol. The molecule has 0 fully saturated rings. The zero-order valence-corrected chi connectivity index (χ0v) is 16.5. The molecular weight excluding hydrogens is 342 g/mol. The summed E-state index contributed by atoms with van der Waals surface area (Å²) in [5.74, 6) is 3.32. The Morgan fingerprint density at radius 3 is 2.52 bits per heavy atom. The average Bonchev–Trinajstić information content (AvgIpc) is 2.70. The Morgan fingerprint density at radius 2 is 1.85 bits per heavy atom. The molecule has 0 bridgehead atoms. The van der Waals surface area contributed by atoms with E-state index in [1.807, 2.05) is 68.5 Å². The van der Waals surface area contributed by atoms with Crippen molar-refractivity contribution in [2.45, 2.75) is 13.5 Å². The van der Waals surface area contributed by atoms with Crippen molar-refractivity contribution < 1.29 is 9.47 Å². The van der Waals surface area contributed by atoms with E-state index in [-0.39, 0.29) is 0 Å². The lowest BCUT2D eigenvalue weighted by atomic mass is 10.2. The van der Waals surface area contributed by atoms with Gasteiger partial charge in [0.25, 0.3) is 0 Å². The van der Waals surface area contributed by atoms with Crippen molar-refractivity contribution in [2.75, 3.05) is 45.8 Å². The highest BCUT2D eigenvalue weighted by molar-refractivity contribution is 5.79. The zero-order chi connectivity index (χ0) is 19.5. The third-order valence-corrected chi connectivity index (χ3v) is 3.75. The van der Waals surface area contributed by atoms with Crippen molar-refractivity contribution in [2.24, 2.45) is 4.99 Å². The normalized spacial score (nSPS) is 11.0. The van der Waals surface area contributed by atoms with Crippen LogP contribution >= 0.6 is 0 Å². The molecule has 1 heterocycles. The Bertz CT molecular complexity index is 717. The quantitative estimate of drug-likeness (QED) is 0.400. The number of aromatic nitrogens is 1. The Kier molecular flexibility index (Phi) is 8.22. The van der Waals surface area contributed by atoms with Gasteiger partial charge in [-0.1, -0.05) is 0 Å². The molecule has 1 aromatic heterocycles. The maximum absolute atomic E-state index is 5.72. The van der Waals surface area contributed by atoms with E-state index in [2.05, 4.69) is 20.6 Å². The fourth-order valence-electron chi connectivity index (χ4n) is 2.33. The molecule has 0 aliphatic rings. The molecule has 0 spiro atoms. The topological polar surface area (TPSA) is 71.0 Å². The van der Waals surface area contributed by atoms with Crippen LogP contribution in [0.3, 0.4) is 0 Å². The van der Waals surface area contributed by atoms with Crippen LogP contribution in [0.15, 0.2) is 47.6 Å². The van der Waals surface area contributed by atoms with Gasteiger partial charge in [0.2, 0.25) is 0 Å². The van der Waals surface area contributed by atoms with Gasteiger partial charge in [0.15, 0.2) is 5.96 Å². The van der Waals surface area contributed by atoms with Gasteiger partial charge in [0, 0.05) is 26.8 Å². The molecule has 2 aromatic rings. The first-order valence-corrected chi connectivity index (χ1v) is 9.03. The molecule has 7 heteroatoms. The summed E-state index contributed by atoms with van der Waals surface area (Å²) < 4.78 is 10.9. The molecular formula is C20H29N5O2. The molecule has 0 radical (unpaired) electrons. The van der Waals surface area contributed by atoms with E-state index in [4.69, 9.17) is 9.47 Å². The molecule has 2 rings (SSSR count). The van der Waals surface area contributed by atoms with Crippen molar-refractivity contribution in [1.29, 1.82) is 0 Å². The number of hydrogen-bond donors (Lipinski definition) is 2. The molecule has 0 aliphatic carbocycles. The van der Waals surface area contributed by atoms with Gasteiger partial charge in [-0.05, 0) is 48.9 Å². The number of guanidine groups is 1. The van der Waals surface area contributed by atoms with Crippen molar-refractivity contribution in [3.05, 3.63) is 48.2 Å². The van der Waals surface area contributed by atoms with Gasteiger partial charge in [-0.2, -0.15) is 0 Å². The lowest BCUT2D eigenvalue weighted by molar-refractivity contribution is 0.321. The summed E-state index contributed by atoms with van der Waals surface area (Å²) in [5.41, 5.74) is 1.11. The number of methoxy groups -OCH3 is 1. The second-order valence-corrected chi connectivity index (χ2v) is 6.06. The third-order valence-electron chi connectivity index (χ3n) is 3.75. The standard InChI is InChI=1S/C20H29N5O2/c1-5-21-20(24-15-16-10-11-22-19(14-16)25(2)3)23-12-13-27-18-8-6-17(26-4)7-9-18/h6-11,14H,5,12-13,15H2,1-4H3,(H2,21,23,24). The second kappa shape index (κ2) is 10.9. The number of anilines is 1. The summed E-state index contributed by atoms with van der Waals surface area (Å²) in [5, 5.41) is 6.53. The molecule has 0 unspecified atom stereocenters. The molecule has 0 aliphatic heterocycles. The Morgan fingerprint density at radius 1 is 1.11 bits per heavy atom. The highest BCUT2D eigenvalue weighted by atomic mass is 16.5. The van der Waals surface area contributed by atoms with Crippen LogP contribution in [0.25, 0.3) is 0 Å². The number of rotatable bonds is 9. The van der Waals surface area contributed by atoms with Crippen LogP contribution in [0.5, 0.6) is 11.5 Å². The minimum atomic E-state index is 0.538. The molecule has 7 nitrogen and oxygen atoms in total. The number of benzene rings is 1. The molecule has 27 heavy (non-hydrogen) atoms. The van der Waals surface area contributed by atoms with Crippen molar-refractivity contribution >= 4 is 11.8 Å². The van der Waals surface area contributed by atoms with Gasteiger partial charge in [-0.15, -0.1) is 0 Å². The van der Waals surface area contributed by atoms with E-state index in [0.717, 1.165) is 35.4 Å². The molecule has 1 aromatic carbocycles. The van der Waals surface area contributed by atoms with Gasteiger partial charge in [-0.3, -0.25) is 0 Å². The van der Waals surface area contributed by atoms with E-state index < -0.39 is 0 Å². The molecule has 0 saturated heterocycles. The zero-order valence-electron chi connectivity index (χ0n) is 16.5. The smallest absolute Gasteiger partial charge is 0.191 e. The Hall–Kier alpha value is -2.96. The SMILES string of the molecule is CCNC(=NCc1ccnc(N(C)C)c1)NCCOc1ccc(OC)cc1. The number of aliphatic imine (C=N–C) groups is 1. The van der Waals surface area contributed by atoms with E-state index in [1.165, 1.54) is 0 Å². The van der Waals surface area contributed by atoms with Crippen molar-refractivity contribution in [1.82, 2.24) is 15.6 Å². The summed E-state index contributed by atoms with van der Waals surface area (Å²) >= 11 is 0. The fourth-order valence-corrected chi connectivity index (χ4v) is 2.33. The first kappa shape index (κ1) is 20.4. The predicted molar refractivity (Wildman–Crippen MR) is 110 cm³/mol. The first-order chi connectivity index (χ1) is 13.1. The summed E-state index contributed by atoms with van der Waals surface area (Å²) in [4.78, 5) is 10.9. The Labute approximate surface area is 161 Å². The largest absolute Gasteiger partial charge is 0.497 e. The number of hydrogen-bond acceptors (Lipinski definition) is 5. The number of nitrogens with zero attached hydrogens (tertiary/aromatic N) is 3. The maximum atomic E-state index is 5.72. The third kappa shape index (κ3) is 7.05. The van der Waals surface area contributed by atoms with Crippen LogP contribution in [-0.4, -0.2) is 51.8 Å². The molecule has 0 atom stereocenters. The van der Waals surface area contributed by atoms with Gasteiger partial charge in [0.05, 0.1) is 20.2 Å².